The van der Waals surface area contributed by atoms with Gasteiger partial charge in [-0.15, -0.1) is 0 Å². The number of rotatable bonds is 10. The minimum absolute atomic E-state index is 0.0461. The zero-order chi connectivity index (χ0) is 32.8. The SMILES string of the molecule is COC(=O)c1cc(-c2cccc(CN3O[C@@H](CO)[C@@H]([C@H](C)O)[C@H]3C(=O)N[C@H]3C[C@H]4C[C@@H]([C@@H]3C)C4(C)C)c2OC)cc(N(C)C)c1. The van der Waals surface area contributed by atoms with Gasteiger partial charge >= 0.3 is 5.97 Å². The molecular formula is C35H49N3O7. The van der Waals surface area contributed by atoms with E-state index >= 15 is 0 Å². The Hall–Kier alpha value is -3.18. The summed E-state index contributed by atoms with van der Waals surface area (Å²) in [4.78, 5) is 34.7. The van der Waals surface area contributed by atoms with Crippen LogP contribution in [0.3, 0.4) is 0 Å². The summed E-state index contributed by atoms with van der Waals surface area (Å²) in [5, 5.41) is 26.0. The predicted molar refractivity (Wildman–Crippen MR) is 172 cm³/mol. The van der Waals surface area contributed by atoms with Gasteiger partial charge in [-0.3, -0.25) is 9.63 Å². The average Bonchev–Trinajstić information content (AvgIpc) is 3.39. The van der Waals surface area contributed by atoms with Crippen LogP contribution < -0.4 is 15.0 Å². The van der Waals surface area contributed by atoms with Crippen molar-refractivity contribution >= 4 is 17.6 Å². The van der Waals surface area contributed by atoms with Gasteiger partial charge in [0.1, 0.15) is 17.9 Å². The second kappa shape index (κ2) is 12.9. The Morgan fingerprint density at radius 2 is 1.91 bits per heavy atom. The molecule has 0 unspecified atom stereocenters. The smallest absolute Gasteiger partial charge is 0.337 e. The fourth-order valence-electron chi connectivity index (χ4n) is 8.09. The van der Waals surface area contributed by atoms with E-state index in [4.69, 9.17) is 14.3 Å². The molecule has 4 aliphatic rings. The number of benzene rings is 2. The van der Waals surface area contributed by atoms with Crippen molar-refractivity contribution in [1.29, 1.82) is 0 Å². The third-order valence-electron chi connectivity index (χ3n) is 10.9. The van der Waals surface area contributed by atoms with E-state index in [0.717, 1.165) is 28.8 Å². The number of methoxy groups -OCH3 is 2. The number of hydrogen-bond donors (Lipinski definition) is 3. The van der Waals surface area contributed by atoms with Crippen molar-refractivity contribution < 1.29 is 34.1 Å². The number of fused-ring (bicyclic) bond motifs is 2. The first-order valence-electron chi connectivity index (χ1n) is 15.9. The number of amides is 1. The maximum absolute atomic E-state index is 14.1. The first-order valence-corrected chi connectivity index (χ1v) is 15.9. The highest BCUT2D eigenvalue weighted by Crippen LogP contribution is 2.61. The van der Waals surface area contributed by atoms with Gasteiger partial charge in [-0.1, -0.05) is 39.0 Å². The molecule has 10 nitrogen and oxygen atoms in total. The Morgan fingerprint density at radius 1 is 1.18 bits per heavy atom. The molecule has 6 rings (SSSR count). The van der Waals surface area contributed by atoms with Crippen molar-refractivity contribution in [3.63, 3.8) is 0 Å². The van der Waals surface area contributed by atoms with Gasteiger partial charge in [-0.05, 0) is 66.7 Å². The first kappa shape index (κ1) is 33.2. The highest BCUT2D eigenvalue weighted by molar-refractivity contribution is 5.93. The second-order valence-electron chi connectivity index (χ2n) is 13.9. The molecule has 0 aromatic heterocycles. The van der Waals surface area contributed by atoms with Crippen LogP contribution >= 0.6 is 0 Å². The van der Waals surface area contributed by atoms with Crippen molar-refractivity contribution in [2.75, 3.05) is 39.8 Å². The maximum atomic E-state index is 14.1. The predicted octanol–water partition coefficient (Wildman–Crippen LogP) is 3.88. The number of nitrogens with one attached hydrogen (secondary N) is 1. The molecule has 3 aliphatic carbocycles. The number of carbonyl (C=O) groups excluding carboxylic acids is 2. The van der Waals surface area contributed by atoms with Gasteiger partial charge in [0, 0.05) is 42.9 Å². The molecule has 1 saturated heterocycles. The number of aliphatic hydroxyl groups is 2. The Kier molecular flexibility index (Phi) is 9.52. The van der Waals surface area contributed by atoms with E-state index in [0.29, 0.717) is 34.5 Å². The standard InChI is InChI=1S/C35H49N3O7/c1-19-27-15-24(35(27,3)4)16-28(19)36-33(41)31-30(20(2)40)29(18-39)45-38(31)17-21-10-9-11-26(32(21)43-7)22-12-23(34(42)44-8)14-25(13-22)37(5)6/h9-14,19-20,24,27-31,39-40H,15-18H2,1-8H3,(H,36,41)/t19-,20-,24+,27-,28-,29-,30+,31-/m0/s1. The zero-order valence-corrected chi connectivity index (χ0v) is 27.7. The van der Waals surface area contributed by atoms with Crippen molar-refractivity contribution in [2.24, 2.45) is 29.1 Å². The summed E-state index contributed by atoms with van der Waals surface area (Å²) in [5.74, 6) is 0.770. The van der Waals surface area contributed by atoms with Crippen LogP contribution in [0.2, 0.25) is 0 Å². The molecule has 0 spiro atoms. The summed E-state index contributed by atoms with van der Waals surface area (Å²) in [7, 11) is 6.74. The number of hydrogen-bond acceptors (Lipinski definition) is 9. The van der Waals surface area contributed by atoms with Crippen molar-refractivity contribution in [2.45, 2.75) is 71.4 Å². The molecule has 1 heterocycles. The summed E-state index contributed by atoms with van der Waals surface area (Å²) in [6.45, 7) is 8.36. The van der Waals surface area contributed by atoms with Crippen LogP contribution in [0.1, 0.15) is 56.5 Å². The molecule has 8 atom stereocenters. The topological polar surface area (TPSA) is 121 Å². The fourth-order valence-corrected chi connectivity index (χ4v) is 8.09. The Morgan fingerprint density at radius 3 is 2.49 bits per heavy atom. The number of para-hydroxylation sites is 1. The molecule has 3 N–H and O–H groups in total. The summed E-state index contributed by atoms with van der Waals surface area (Å²) < 4.78 is 11.0. The van der Waals surface area contributed by atoms with E-state index in [1.807, 2.05) is 43.3 Å². The third kappa shape index (κ3) is 6.05. The summed E-state index contributed by atoms with van der Waals surface area (Å²) >= 11 is 0. The van der Waals surface area contributed by atoms with Crippen LogP contribution in [0.5, 0.6) is 5.75 Å². The molecule has 1 aliphatic heterocycles. The average molecular weight is 624 g/mol. The van der Waals surface area contributed by atoms with Gasteiger partial charge in [-0.2, -0.15) is 5.06 Å². The van der Waals surface area contributed by atoms with E-state index in [1.165, 1.54) is 13.5 Å². The van der Waals surface area contributed by atoms with E-state index in [2.05, 4.69) is 26.1 Å². The summed E-state index contributed by atoms with van der Waals surface area (Å²) in [5.41, 5.74) is 3.79. The molecule has 0 radical (unpaired) electrons. The number of anilines is 1. The van der Waals surface area contributed by atoms with Crippen molar-refractivity contribution in [1.82, 2.24) is 10.4 Å². The van der Waals surface area contributed by atoms with Crippen LogP contribution in [0.4, 0.5) is 5.69 Å². The number of carbonyl (C=O) groups is 2. The molecule has 1 amide bonds. The van der Waals surface area contributed by atoms with E-state index < -0.39 is 30.1 Å². The van der Waals surface area contributed by atoms with Gasteiger partial charge in [0.15, 0.2) is 0 Å². The van der Waals surface area contributed by atoms with Gasteiger partial charge in [0.2, 0.25) is 5.91 Å². The highest BCUT2D eigenvalue weighted by Gasteiger charge is 2.57. The molecule has 2 bridgehead atoms. The molecule has 45 heavy (non-hydrogen) atoms. The molecule has 2 aromatic rings. The van der Waals surface area contributed by atoms with Crippen LogP contribution in [-0.4, -0.2) is 86.4 Å². The van der Waals surface area contributed by atoms with Crippen LogP contribution in [0, 0.1) is 29.1 Å². The number of hydroxylamine groups is 2. The monoisotopic (exact) mass is 623 g/mol. The van der Waals surface area contributed by atoms with Gasteiger partial charge in [0.25, 0.3) is 0 Å². The normalized spacial score (nSPS) is 29.4. The lowest BCUT2D eigenvalue weighted by atomic mass is 9.45. The van der Waals surface area contributed by atoms with E-state index in [1.54, 1.807) is 31.2 Å². The third-order valence-corrected chi connectivity index (χ3v) is 10.9. The van der Waals surface area contributed by atoms with Crippen LogP contribution in [0.15, 0.2) is 36.4 Å². The number of esters is 1. The lowest BCUT2D eigenvalue weighted by molar-refractivity contribution is -0.183. The quantitative estimate of drug-likeness (QED) is 0.339. The minimum Gasteiger partial charge on any atom is -0.496 e. The lowest BCUT2D eigenvalue weighted by Gasteiger charge is -2.62. The van der Waals surface area contributed by atoms with Crippen LogP contribution in [-0.2, 0) is 20.9 Å². The van der Waals surface area contributed by atoms with E-state index in [-0.39, 0.29) is 25.1 Å². The first-order chi connectivity index (χ1) is 21.3. The lowest BCUT2D eigenvalue weighted by Crippen LogP contribution is -2.62. The second-order valence-corrected chi connectivity index (χ2v) is 13.9. The molecule has 2 aromatic carbocycles. The molecule has 4 fully saturated rings. The molecular weight excluding hydrogens is 574 g/mol. The Bertz CT molecular complexity index is 1410. The minimum atomic E-state index is -0.891. The van der Waals surface area contributed by atoms with Gasteiger partial charge < -0.3 is 29.9 Å². The fraction of sp³-hybridized carbons (Fsp3) is 0.600. The Balaban J connectivity index is 1.46. The van der Waals surface area contributed by atoms with Crippen LogP contribution in [0.25, 0.3) is 11.1 Å². The maximum Gasteiger partial charge on any atom is 0.337 e. The van der Waals surface area contributed by atoms with E-state index in [9.17, 15) is 19.8 Å². The summed E-state index contributed by atoms with van der Waals surface area (Å²) in [6, 6.07) is 10.5. The summed E-state index contributed by atoms with van der Waals surface area (Å²) in [6.07, 6.45) is 0.502. The largest absolute Gasteiger partial charge is 0.496 e. The highest BCUT2D eigenvalue weighted by atomic mass is 16.7. The molecule has 10 heteroatoms. The Labute approximate surface area is 266 Å². The molecule has 3 saturated carbocycles. The zero-order valence-electron chi connectivity index (χ0n) is 27.7. The number of ether oxygens (including phenoxy) is 2. The number of aliphatic hydroxyl groups excluding tert-OH is 2. The molecule has 246 valence electrons. The number of nitrogens with zero attached hydrogens (tertiary/aromatic N) is 2. The van der Waals surface area contributed by atoms with Crippen molar-refractivity contribution in [3.05, 3.63) is 47.5 Å². The van der Waals surface area contributed by atoms with Gasteiger partial charge in [-0.25, -0.2) is 4.79 Å². The van der Waals surface area contributed by atoms with Crippen molar-refractivity contribution in [3.8, 4) is 16.9 Å². The van der Waals surface area contributed by atoms with Gasteiger partial charge in [0.05, 0.1) is 39.0 Å².